The molecule has 46 heavy (non-hydrogen) atoms. The summed E-state index contributed by atoms with van der Waals surface area (Å²) >= 11 is 0. The molecule has 0 aliphatic heterocycles. The Kier molecular flexibility index (Phi) is 38.1. The van der Waals surface area contributed by atoms with Gasteiger partial charge in [0.05, 0.1) is 13.2 Å². The summed E-state index contributed by atoms with van der Waals surface area (Å²) in [5.41, 5.74) is 0. The van der Waals surface area contributed by atoms with Crippen LogP contribution < -0.4 is 0 Å². The van der Waals surface area contributed by atoms with Gasteiger partial charge in [-0.1, -0.05) is 159 Å². The summed E-state index contributed by atoms with van der Waals surface area (Å²) in [5.74, 6) is -0.211. The molecule has 0 saturated carbocycles. The molecule has 0 radical (unpaired) electrons. The van der Waals surface area contributed by atoms with Crippen LogP contribution in [0.25, 0.3) is 0 Å². The monoisotopic (exact) mass is 645 g/mol. The van der Waals surface area contributed by atoms with Crippen molar-refractivity contribution in [2.24, 2.45) is 0 Å². The van der Waals surface area contributed by atoms with Crippen molar-refractivity contribution >= 4 is 5.97 Å². The number of carbonyl (C=O) groups excluding carboxylic acids is 1. The van der Waals surface area contributed by atoms with Crippen molar-refractivity contribution in [2.45, 2.75) is 193 Å². The van der Waals surface area contributed by atoms with Gasteiger partial charge in [0, 0.05) is 13.0 Å². The lowest BCUT2D eigenvalue weighted by atomic mass is 10.1. The topological polar surface area (TPSA) is 55.8 Å². The summed E-state index contributed by atoms with van der Waals surface area (Å²) in [6.45, 7) is 5.21. The number of carbonyl (C=O) groups is 1. The predicted molar refractivity (Wildman–Crippen MR) is 200 cm³/mol. The fraction of sp³-hybridized carbons (Fsp3) is 0.786. The molecule has 0 aliphatic rings. The van der Waals surface area contributed by atoms with Gasteiger partial charge in [0.25, 0.3) is 0 Å². The SMILES string of the molecule is CC/C=C\C/C=C\C/C=C\CCCCCCCCOCC(CO)OC(=O)CCCCCCCCC/C=C\CCCCCCCCC. The normalized spacial score (nSPS) is 12.8. The second kappa shape index (κ2) is 39.5. The van der Waals surface area contributed by atoms with E-state index in [1.165, 1.54) is 122 Å². The van der Waals surface area contributed by atoms with Crippen molar-refractivity contribution < 1.29 is 19.4 Å². The molecule has 0 spiro atoms. The van der Waals surface area contributed by atoms with Gasteiger partial charge in [0.1, 0.15) is 6.10 Å². The molecule has 4 nitrogen and oxygen atoms in total. The van der Waals surface area contributed by atoms with Crippen molar-refractivity contribution in [3.8, 4) is 0 Å². The third-order valence-electron chi connectivity index (χ3n) is 8.39. The minimum Gasteiger partial charge on any atom is -0.457 e. The van der Waals surface area contributed by atoms with E-state index in [1.807, 2.05) is 0 Å². The minimum atomic E-state index is -0.543. The lowest BCUT2D eigenvalue weighted by Crippen LogP contribution is -2.27. The van der Waals surface area contributed by atoms with Gasteiger partial charge in [-0.2, -0.15) is 0 Å². The first-order valence-electron chi connectivity index (χ1n) is 19.7. The summed E-state index contributed by atoms with van der Waals surface area (Å²) in [5, 5.41) is 9.57. The minimum absolute atomic E-state index is 0.179. The van der Waals surface area contributed by atoms with Gasteiger partial charge < -0.3 is 14.6 Å². The van der Waals surface area contributed by atoms with Crippen LogP contribution in [-0.2, 0) is 14.3 Å². The summed E-state index contributed by atoms with van der Waals surface area (Å²) in [6.07, 6.45) is 50.1. The van der Waals surface area contributed by atoms with Gasteiger partial charge in [-0.05, 0) is 70.6 Å². The smallest absolute Gasteiger partial charge is 0.306 e. The number of hydrogen-bond acceptors (Lipinski definition) is 4. The van der Waals surface area contributed by atoms with Crippen LogP contribution >= 0.6 is 0 Å². The molecule has 1 unspecified atom stereocenters. The van der Waals surface area contributed by atoms with E-state index in [4.69, 9.17) is 9.47 Å². The van der Waals surface area contributed by atoms with E-state index in [2.05, 4.69) is 62.5 Å². The third kappa shape index (κ3) is 36.8. The van der Waals surface area contributed by atoms with Crippen LogP contribution in [0.5, 0.6) is 0 Å². The number of ether oxygens (including phenoxy) is 2. The molecule has 1 N–H and O–H groups in total. The lowest BCUT2D eigenvalue weighted by Gasteiger charge is -2.15. The molecule has 0 heterocycles. The van der Waals surface area contributed by atoms with Gasteiger partial charge in [-0.15, -0.1) is 0 Å². The van der Waals surface area contributed by atoms with Crippen LogP contribution in [0.15, 0.2) is 48.6 Å². The van der Waals surface area contributed by atoms with E-state index < -0.39 is 6.10 Å². The zero-order chi connectivity index (χ0) is 33.4. The van der Waals surface area contributed by atoms with E-state index >= 15 is 0 Å². The number of unbranched alkanes of at least 4 members (excludes halogenated alkanes) is 20. The lowest BCUT2D eigenvalue weighted by molar-refractivity contribution is -0.154. The van der Waals surface area contributed by atoms with Crippen LogP contribution in [0.2, 0.25) is 0 Å². The fourth-order valence-corrected chi connectivity index (χ4v) is 5.45. The summed E-state index contributed by atoms with van der Waals surface area (Å²) in [4.78, 5) is 12.2. The average molecular weight is 645 g/mol. The van der Waals surface area contributed by atoms with E-state index in [-0.39, 0.29) is 19.2 Å². The highest BCUT2D eigenvalue weighted by Crippen LogP contribution is 2.13. The largest absolute Gasteiger partial charge is 0.457 e. The van der Waals surface area contributed by atoms with Crippen LogP contribution in [-0.4, -0.2) is 37.0 Å². The molecule has 0 saturated heterocycles. The highest BCUT2D eigenvalue weighted by molar-refractivity contribution is 5.69. The Morgan fingerprint density at radius 2 is 0.978 bits per heavy atom. The number of aliphatic hydroxyl groups excluding tert-OH is 1. The van der Waals surface area contributed by atoms with Crippen LogP contribution in [0.4, 0.5) is 0 Å². The first kappa shape index (κ1) is 44.4. The zero-order valence-electron chi connectivity index (χ0n) is 30.6. The van der Waals surface area contributed by atoms with Gasteiger partial charge >= 0.3 is 5.97 Å². The molecule has 0 fully saturated rings. The first-order chi connectivity index (χ1) is 22.7. The first-order valence-corrected chi connectivity index (χ1v) is 19.7. The van der Waals surface area contributed by atoms with Gasteiger partial charge in [-0.25, -0.2) is 0 Å². The maximum absolute atomic E-state index is 12.2. The predicted octanol–water partition coefficient (Wildman–Crippen LogP) is 12.7. The summed E-state index contributed by atoms with van der Waals surface area (Å²) < 4.78 is 11.1. The second-order valence-corrected chi connectivity index (χ2v) is 13.0. The summed E-state index contributed by atoms with van der Waals surface area (Å²) in [7, 11) is 0. The van der Waals surface area contributed by atoms with Crippen molar-refractivity contribution in [3.05, 3.63) is 48.6 Å². The number of hydrogen-bond donors (Lipinski definition) is 1. The zero-order valence-corrected chi connectivity index (χ0v) is 30.6. The molecule has 0 amide bonds. The Labute approximate surface area is 286 Å². The van der Waals surface area contributed by atoms with Crippen molar-refractivity contribution in [2.75, 3.05) is 19.8 Å². The van der Waals surface area contributed by atoms with E-state index in [0.29, 0.717) is 13.0 Å². The maximum Gasteiger partial charge on any atom is 0.306 e. The third-order valence-corrected chi connectivity index (χ3v) is 8.39. The van der Waals surface area contributed by atoms with Crippen LogP contribution in [0.3, 0.4) is 0 Å². The van der Waals surface area contributed by atoms with Crippen molar-refractivity contribution in [1.82, 2.24) is 0 Å². The average Bonchev–Trinajstić information content (AvgIpc) is 3.06. The molecular weight excluding hydrogens is 568 g/mol. The van der Waals surface area contributed by atoms with E-state index in [0.717, 1.165) is 44.9 Å². The molecule has 1 atom stereocenters. The Morgan fingerprint density at radius 1 is 0.543 bits per heavy atom. The molecule has 0 aliphatic carbocycles. The fourth-order valence-electron chi connectivity index (χ4n) is 5.45. The Balaban J connectivity index is 3.47. The van der Waals surface area contributed by atoms with Crippen LogP contribution in [0, 0.1) is 0 Å². The Bertz CT molecular complexity index is 723. The second-order valence-electron chi connectivity index (χ2n) is 13.0. The Hall–Kier alpha value is -1.65. The number of aliphatic hydroxyl groups is 1. The Morgan fingerprint density at radius 3 is 1.50 bits per heavy atom. The molecule has 268 valence electrons. The number of allylic oxidation sites excluding steroid dienone is 8. The molecule has 0 aromatic carbocycles. The highest BCUT2D eigenvalue weighted by Gasteiger charge is 2.13. The van der Waals surface area contributed by atoms with Crippen molar-refractivity contribution in [3.63, 3.8) is 0 Å². The standard InChI is InChI=1S/C42H76O4/c1-3-5-7-9-11-13-15-17-19-21-22-23-25-27-29-31-33-35-37-42(44)46-41(39-43)40-45-38-36-34-32-30-28-26-24-20-18-16-14-12-10-8-6-4-2/h6,8,12,14,18-21,41,43H,3-5,7,9-11,13,15-17,22-40H2,1-2H3/b8-6-,14-12-,20-18-,21-19-. The quantitative estimate of drug-likeness (QED) is 0.0419. The number of rotatable bonds is 36. The number of esters is 1. The molecule has 0 rings (SSSR count). The molecule has 0 aromatic rings. The molecule has 0 aromatic heterocycles. The molecule has 4 heteroatoms. The van der Waals surface area contributed by atoms with Crippen LogP contribution in [0.1, 0.15) is 187 Å². The van der Waals surface area contributed by atoms with E-state index in [1.54, 1.807) is 0 Å². The van der Waals surface area contributed by atoms with Gasteiger partial charge in [0.15, 0.2) is 0 Å². The molecular formula is C42H76O4. The highest BCUT2D eigenvalue weighted by atomic mass is 16.6. The maximum atomic E-state index is 12.2. The van der Waals surface area contributed by atoms with Gasteiger partial charge in [-0.3, -0.25) is 4.79 Å². The van der Waals surface area contributed by atoms with E-state index in [9.17, 15) is 9.90 Å². The van der Waals surface area contributed by atoms with Gasteiger partial charge in [0.2, 0.25) is 0 Å². The van der Waals surface area contributed by atoms with Crippen molar-refractivity contribution in [1.29, 1.82) is 0 Å². The summed E-state index contributed by atoms with van der Waals surface area (Å²) in [6, 6.07) is 0. The molecule has 0 bridgehead atoms.